The molecule has 4 heteroatoms. The van der Waals surface area contributed by atoms with Gasteiger partial charge in [0.05, 0.1) is 6.04 Å². The minimum atomic E-state index is -0.0227. The highest BCUT2D eigenvalue weighted by molar-refractivity contribution is 5.76. The average Bonchev–Trinajstić information content (AvgIpc) is 2.13. The lowest BCUT2D eigenvalue weighted by Gasteiger charge is -2.03. The second-order valence-corrected chi connectivity index (χ2v) is 2.26. The number of rotatable bonds is 1. The summed E-state index contributed by atoms with van der Waals surface area (Å²) in [6, 6.07) is 0.132. The second-order valence-electron chi connectivity index (χ2n) is 2.26. The smallest absolute Gasteiger partial charge is 0.317 e. The fourth-order valence-electron chi connectivity index (χ4n) is 0.877. The van der Waals surface area contributed by atoms with Crippen LogP contribution in [0.25, 0.3) is 0 Å². The molecule has 0 radical (unpaired) electrons. The molecule has 3 N–H and O–H groups in total. The van der Waals surface area contributed by atoms with E-state index in [2.05, 4.69) is 5.32 Å². The largest absolute Gasteiger partial charge is 0.332 e. The van der Waals surface area contributed by atoms with Crippen molar-refractivity contribution in [2.24, 2.45) is 5.73 Å². The first-order valence-electron chi connectivity index (χ1n) is 2.95. The molecule has 2 amide bonds. The van der Waals surface area contributed by atoms with Crippen LogP contribution in [0.4, 0.5) is 4.79 Å². The van der Waals surface area contributed by atoms with Crippen LogP contribution in [0.5, 0.6) is 0 Å². The fourth-order valence-corrected chi connectivity index (χ4v) is 0.877. The lowest BCUT2D eigenvalue weighted by Crippen LogP contribution is -2.33. The van der Waals surface area contributed by atoms with Crippen LogP contribution in [0.15, 0.2) is 0 Å². The summed E-state index contributed by atoms with van der Waals surface area (Å²) in [5.41, 5.74) is 5.32. The van der Waals surface area contributed by atoms with Gasteiger partial charge >= 0.3 is 6.03 Å². The van der Waals surface area contributed by atoms with Gasteiger partial charge in [-0.3, -0.25) is 0 Å². The Hall–Kier alpha value is -0.770. The van der Waals surface area contributed by atoms with Crippen LogP contribution in [0, 0.1) is 0 Å². The van der Waals surface area contributed by atoms with Crippen LogP contribution in [-0.2, 0) is 0 Å². The molecule has 1 fully saturated rings. The van der Waals surface area contributed by atoms with E-state index in [0.717, 1.165) is 6.54 Å². The van der Waals surface area contributed by atoms with Crippen molar-refractivity contribution in [1.29, 1.82) is 0 Å². The van der Waals surface area contributed by atoms with Crippen molar-refractivity contribution in [2.45, 2.75) is 6.04 Å². The summed E-state index contributed by atoms with van der Waals surface area (Å²) in [7, 11) is 1.75. The highest BCUT2D eigenvalue weighted by Gasteiger charge is 2.23. The molecule has 0 aliphatic carbocycles. The predicted octanol–water partition coefficient (Wildman–Crippen LogP) is -1.03. The lowest BCUT2D eigenvalue weighted by atomic mass is 10.3. The zero-order valence-electron chi connectivity index (χ0n) is 5.42. The average molecular weight is 129 g/mol. The SMILES string of the molecule is CN1CC(CN)NC1=O. The van der Waals surface area contributed by atoms with Gasteiger partial charge in [-0.2, -0.15) is 0 Å². The van der Waals surface area contributed by atoms with Gasteiger partial charge in [-0.1, -0.05) is 0 Å². The first-order chi connectivity index (χ1) is 4.24. The molecule has 52 valence electrons. The van der Waals surface area contributed by atoms with Crippen molar-refractivity contribution < 1.29 is 4.79 Å². The Labute approximate surface area is 54.0 Å². The molecule has 1 rings (SSSR count). The van der Waals surface area contributed by atoms with Gasteiger partial charge in [0.1, 0.15) is 0 Å². The van der Waals surface area contributed by atoms with E-state index in [9.17, 15) is 4.79 Å². The van der Waals surface area contributed by atoms with Crippen molar-refractivity contribution in [1.82, 2.24) is 10.2 Å². The standard InChI is InChI=1S/C5H11N3O/c1-8-3-4(2-6)7-5(8)9/h4H,2-3,6H2,1H3,(H,7,9). The number of nitrogens with one attached hydrogen (secondary N) is 1. The van der Waals surface area contributed by atoms with Gasteiger partial charge < -0.3 is 16.0 Å². The number of nitrogens with two attached hydrogens (primary N) is 1. The van der Waals surface area contributed by atoms with E-state index in [-0.39, 0.29) is 12.1 Å². The summed E-state index contributed by atoms with van der Waals surface area (Å²) in [6.45, 7) is 1.26. The Balaban J connectivity index is 2.44. The molecule has 1 aliphatic heterocycles. The Kier molecular flexibility index (Phi) is 1.57. The number of urea groups is 1. The molecule has 0 aromatic carbocycles. The lowest BCUT2D eigenvalue weighted by molar-refractivity contribution is 0.226. The van der Waals surface area contributed by atoms with Gasteiger partial charge in [0.25, 0.3) is 0 Å². The van der Waals surface area contributed by atoms with Gasteiger partial charge in [-0.25, -0.2) is 4.79 Å². The first kappa shape index (κ1) is 6.35. The predicted molar refractivity (Wildman–Crippen MR) is 34.0 cm³/mol. The quantitative estimate of drug-likeness (QED) is 0.475. The van der Waals surface area contributed by atoms with Crippen LogP contribution >= 0.6 is 0 Å². The Morgan fingerprint density at radius 2 is 2.67 bits per heavy atom. The molecule has 1 atom stereocenters. The van der Waals surface area contributed by atoms with E-state index in [1.54, 1.807) is 11.9 Å². The minimum absolute atomic E-state index is 0.0227. The zero-order chi connectivity index (χ0) is 6.85. The van der Waals surface area contributed by atoms with Crippen molar-refractivity contribution in [2.75, 3.05) is 20.1 Å². The zero-order valence-corrected chi connectivity index (χ0v) is 5.42. The third kappa shape index (κ3) is 1.13. The summed E-state index contributed by atoms with van der Waals surface area (Å²) in [4.78, 5) is 12.3. The molecule has 1 saturated heterocycles. The van der Waals surface area contributed by atoms with Crippen LogP contribution in [0.1, 0.15) is 0 Å². The number of carbonyl (C=O) groups excluding carboxylic acids is 1. The molecular formula is C5H11N3O. The van der Waals surface area contributed by atoms with E-state index in [0.29, 0.717) is 6.54 Å². The van der Waals surface area contributed by atoms with Gasteiger partial charge in [-0.05, 0) is 0 Å². The molecule has 4 nitrogen and oxygen atoms in total. The molecule has 1 heterocycles. The first-order valence-corrected chi connectivity index (χ1v) is 2.95. The Morgan fingerprint density at radius 3 is 2.89 bits per heavy atom. The minimum Gasteiger partial charge on any atom is -0.332 e. The topological polar surface area (TPSA) is 58.4 Å². The maximum Gasteiger partial charge on any atom is 0.317 e. The summed E-state index contributed by atoms with van der Waals surface area (Å²) >= 11 is 0. The molecule has 9 heavy (non-hydrogen) atoms. The maximum absolute atomic E-state index is 10.7. The normalized spacial score (nSPS) is 26.7. The molecule has 0 spiro atoms. The number of likely N-dealkylation sites (N-methyl/N-ethyl adjacent to an activating group) is 1. The highest BCUT2D eigenvalue weighted by atomic mass is 16.2. The molecule has 0 saturated carbocycles. The van der Waals surface area contributed by atoms with Crippen LogP contribution in [-0.4, -0.2) is 37.1 Å². The van der Waals surface area contributed by atoms with Crippen LogP contribution < -0.4 is 11.1 Å². The van der Waals surface area contributed by atoms with Crippen molar-refractivity contribution in [3.63, 3.8) is 0 Å². The van der Waals surface area contributed by atoms with Crippen molar-refractivity contribution in [3.8, 4) is 0 Å². The summed E-state index contributed by atoms with van der Waals surface area (Å²) < 4.78 is 0. The summed E-state index contributed by atoms with van der Waals surface area (Å²) in [5.74, 6) is 0. The summed E-state index contributed by atoms with van der Waals surface area (Å²) in [6.07, 6.45) is 0. The molecule has 0 aromatic rings. The Morgan fingerprint density at radius 1 is 2.00 bits per heavy atom. The van der Waals surface area contributed by atoms with Gasteiger partial charge in [0.15, 0.2) is 0 Å². The van der Waals surface area contributed by atoms with E-state index in [1.807, 2.05) is 0 Å². The Bertz CT molecular complexity index is 125. The van der Waals surface area contributed by atoms with Crippen molar-refractivity contribution in [3.05, 3.63) is 0 Å². The third-order valence-electron chi connectivity index (χ3n) is 1.45. The molecule has 0 bridgehead atoms. The van der Waals surface area contributed by atoms with E-state index < -0.39 is 0 Å². The molecule has 1 aliphatic rings. The second kappa shape index (κ2) is 2.23. The van der Waals surface area contributed by atoms with E-state index in [1.165, 1.54) is 0 Å². The molecule has 0 aromatic heterocycles. The fraction of sp³-hybridized carbons (Fsp3) is 0.800. The van der Waals surface area contributed by atoms with Crippen molar-refractivity contribution >= 4 is 6.03 Å². The molecule has 1 unspecified atom stereocenters. The van der Waals surface area contributed by atoms with Crippen LogP contribution in [0.2, 0.25) is 0 Å². The monoisotopic (exact) mass is 129 g/mol. The molecular weight excluding hydrogens is 118 g/mol. The van der Waals surface area contributed by atoms with Gasteiger partial charge in [0, 0.05) is 20.1 Å². The van der Waals surface area contributed by atoms with E-state index >= 15 is 0 Å². The number of carbonyl (C=O) groups is 1. The van der Waals surface area contributed by atoms with E-state index in [4.69, 9.17) is 5.73 Å². The maximum atomic E-state index is 10.7. The van der Waals surface area contributed by atoms with Gasteiger partial charge in [0.2, 0.25) is 0 Å². The highest BCUT2D eigenvalue weighted by Crippen LogP contribution is 1.97. The summed E-state index contributed by atoms with van der Waals surface area (Å²) in [5, 5.41) is 2.72. The number of hydrogen-bond acceptors (Lipinski definition) is 2. The third-order valence-corrected chi connectivity index (χ3v) is 1.45. The number of amides is 2. The van der Waals surface area contributed by atoms with Gasteiger partial charge in [-0.15, -0.1) is 0 Å². The van der Waals surface area contributed by atoms with Crippen LogP contribution in [0.3, 0.4) is 0 Å². The number of hydrogen-bond donors (Lipinski definition) is 2. The number of nitrogens with zero attached hydrogens (tertiary/aromatic N) is 1.